The summed E-state index contributed by atoms with van der Waals surface area (Å²) in [6.07, 6.45) is 1.58. The Hall–Kier alpha value is -3.23. The molecule has 2 aromatic carbocycles. The predicted octanol–water partition coefficient (Wildman–Crippen LogP) is 3.00. The minimum absolute atomic E-state index is 0.206. The number of aryl methyl sites for hydroxylation is 1. The Morgan fingerprint density at radius 1 is 1.15 bits per heavy atom. The van der Waals surface area contributed by atoms with Gasteiger partial charge in [0, 0.05) is 18.5 Å². The van der Waals surface area contributed by atoms with Crippen molar-refractivity contribution in [2.45, 2.75) is 38.3 Å². The Morgan fingerprint density at radius 2 is 1.88 bits per heavy atom. The summed E-state index contributed by atoms with van der Waals surface area (Å²) >= 11 is 6.50. The monoisotopic (exact) mass is 479 g/mol. The number of rotatable bonds is 2. The summed E-state index contributed by atoms with van der Waals surface area (Å²) in [6, 6.07) is 9.74. The molecular weight excluding hydrogens is 458 g/mol. The fourth-order valence-electron chi connectivity index (χ4n) is 6.48. The van der Waals surface area contributed by atoms with E-state index < -0.39 is 29.3 Å². The molecule has 3 amide bonds. The zero-order chi connectivity index (χ0) is 23.9. The van der Waals surface area contributed by atoms with E-state index in [2.05, 4.69) is 10.2 Å². The molecule has 2 aromatic rings. The summed E-state index contributed by atoms with van der Waals surface area (Å²) in [7, 11) is 0. The van der Waals surface area contributed by atoms with E-state index >= 15 is 0 Å². The average Bonchev–Trinajstić information content (AvgIpc) is 3.48. The summed E-state index contributed by atoms with van der Waals surface area (Å²) < 4.78 is 5.07. The summed E-state index contributed by atoms with van der Waals surface area (Å²) in [5, 5.41) is 3.35. The van der Waals surface area contributed by atoms with Gasteiger partial charge < -0.3 is 10.1 Å². The second kappa shape index (κ2) is 7.13. The minimum atomic E-state index is -1.27. The lowest BCUT2D eigenvalue weighted by Gasteiger charge is -2.36. The van der Waals surface area contributed by atoms with Crippen molar-refractivity contribution in [1.29, 1.82) is 0 Å². The molecule has 1 N–H and O–H groups in total. The normalized spacial score (nSPS) is 29.4. The standard InChI is InChI=1S/C25H22ClN3O5/c1-12-10-16-21(17(26)11-12)27-24(33)25(16)20-19(18-4-3-9-28(18)25)22(31)29(23(20)32)14-5-7-15(8-6-14)34-13(2)30/h5-8,10-11,18-20H,3-4,9H2,1-2H3,(H,27,33)/t18-,19+,20-,25-/m0/s1. The third-order valence-electron chi connectivity index (χ3n) is 7.55. The van der Waals surface area contributed by atoms with E-state index in [0.29, 0.717) is 34.3 Å². The largest absolute Gasteiger partial charge is 0.427 e. The lowest BCUT2D eigenvalue weighted by molar-refractivity contribution is -0.135. The summed E-state index contributed by atoms with van der Waals surface area (Å²) in [4.78, 5) is 55.9. The zero-order valence-electron chi connectivity index (χ0n) is 18.6. The molecule has 6 rings (SSSR count). The van der Waals surface area contributed by atoms with Gasteiger partial charge in [-0.3, -0.25) is 24.1 Å². The average molecular weight is 480 g/mol. The number of fused-ring (bicyclic) bond motifs is 7. The van der Waals surface area contributed by atoms with Crippen molar-refractivity contribution in [2.75, 3.05) is 16.8 Å². The van der Waals surface area contributed by atoms with Crippen molar-refractivity contribution in [3.63, 3.8) is 0 Å². The first-order valence-electron chi connectivity index (χ1n) is 11.3. The van der Waals surface area contributed by atoms with Crippen molar-refractivity contribution in [1.82, 2.24) is 4.90 Å². The third-order valence-corrected chi connectivity index (χ3v) is 7.85. The lowest BCUT2D eigenvalue weighted by Crippen LogP contribution is -2.54. The maximum atomic E-state index is 14.0. The van der Waals surface area contributed by atoms with Gasteiger partial charge in [-0.15, -0.1) is 0 Å². The molecule has 4 heterocycles. The highest BCUT2D eigenvalue weighted by atomic mass is 35.5. The molecule has 9 heteroatoms. The number of amides is 3. The van der Waals surface area contributed by atoms with E-state index in [4.69, 9.17) is 16.3 Å². The van der Waals surface area contributed by atoms with Crippen LogP contribution in [0.2, 0.25) is 5.02 Å². The molecule has 0 aliphatic carbocycles. The van der Waals surface area contributed by atoms with Crippen molar-refractivity contribution in [2.24, 2.45) is 11.8 Å². The smallest absolute Gasteiger partial charge is 0.308 e. The molecule has 4 aliphatic heterocycles. The summed E-state index contributed by atoms with van der Waals surface area (Å²) in [5.74, 6) is -2.62. The highest BCUT2D eigenvalue weighted by molar-refractivity contribution is 6.35. The Morgan fingerprint density at radius 3 is 2.59 bits per heavy atom. The molecule has 0 saturated carbocycles. The highest BCUT2D eigenvalue weighted by Gasteiger charge is 2.74. The van der Waals surface area contributed by atoms with Crippen LogP contribution < -0.4 is 15.0 Å². The van der Waals surface area contributed by atoms with E-state index in [1.807, 2.05) is 13.0 Å². The maximum absolute atomic E-state index is 14.0. The molecule has 4 atom stereocenters. The van der Waals surface area contributed by atoms with Gasteiger partial charge in [-0.05, 0) is 62.2 Å². The first-order valence-corrected chi connectivity index (χ1v) is 11.7. The molecule has 0 bridgehead atoms. The van der Waals surface area contributed by atoms with Gasteiger partial charge >= 0.3 is 5.97 Å². The fourth-order valence-corrected chi connectivity index (χ4v) is 6.80. The van der Waals surface area contributed by atoms with Gasteiger partial charge in [-0.1, -0.05) is 17.7 Å². The molecule has 4 aliphatic rings. The van der Waals surface area contributed by atoms with Crippen LogP contribution in [-0.4, -0.2) is 41.2 Å². The van der Waals surface area contributed by atoms with Gasteiger partial charge in [0.1, 0.15) is 11.3 Å². The Labute approximate surface area is 200 Å². The van der Waals surface area contributed by atoms with Crippen LogP contribution in [0.25, 0.3) is 0 Å². The summed E-state index contributed by atoms with van der Waals surface area (Å²) in [5.41, 5.74) is 1.20. The van der Waals surface area contributed by atoms with E-state index in [1.54, 1.807) is 30.3 Å². The van der Waals surface area contributed by atoms with Crippen molar-refractivity contribution >= 4 is 46.7 Å². The number of carbonyl (C=O) groups is 4. The Balaban J connectivity index is 1.48. The Bertz CT molecular complexity index is 1290. The SMILES string of the molecule is CC(=O)Oc1ccc(N2C(=O)[C@H]3[C@@H](C2=O)[C@@]2(C(=O)Nc4c(Cl)cc(C)cc42)N2CCC[C@@H]32)cc1. The van der Waals surface area contributed by atoms with Crippen LogP contribution in [0.15, 0.2) is 36.4 Å². The van der Waals surface area contributed by atoms with Crippen LogP contribution in [-0.2, 0) is 24.7 Å². The molecule has 0 unspecified atom stereocenters. The first kappa shape index (κ1) is 21.3. The van der Waals surface area contributed by atoms with Crippen LogP contribution >= 0.6 is 11.6 Å². The fraction of sp³-hybridized carbons (Fsp3) is 0.360. The number of esters is 1. The molecule has 3 fully saturated rings. The van der Waals surface area contributed by atoms with Gasteiger partial charge in [-0.25, -0.2) is 4.90 Å². The molecule has 8 nitrogen and oxygen atoms in total. The number of benzene rings is 2. The van der Waals surface area contributed by atoms with Crippen molar-refractivity contribution in [3.05, 3.63) is 52.5 Å². The van der Waals surface area contributed by atoms with Crippen LogP contribution in [0.4, 0.5) is 11.4 Å². The quantitative estimate of drug-likeness (QED) is 0.404. The van der Waals surface area contributed by atoms with E-state index in [-0.39, 0.29) is 17.9 Å². The highest BCUT2D eigenvalue weighted by Crippen LogP contribution is 2.61. The molecule has 1 spiro atoms. The Kier molecular flexibility index (Phi) is 4.47. The number of hydrogen-bond donors (Lipinski definition) is 1. The molecule has 0 aromatic heterocycles. The molecular formula is C25H22ClN3O5. The molecule has 174 valence electrons. The van der Waals surface area contributed by atoms with E-state index in [1.165, 1.54) is 11.8 Å². The van der Waals surface area contributed by atoms with Gasteiger partial charge in [-0.2, -0.15) is 0 Å². The van der Waals surface area contributed by atoms with Gasteiger partial charge in [0.25, 0.3) is 5.91 Å². The molecule has 3 saturated heterocycles. The first-order chi connectivity index (χ1) is 16.2. The molecule has 0 radical (unpaired) electrons. The number of anilines is 2. The van der Waals surface area contributed by atoms with Crippen LogP contribution in [0, 0.1) is 18.8 Å². The third kappa shape index (κ3) is 2.58. The van der Waals surface area contributed by atoms with Gasteiger partial charge in [0.15, 0.2) is 0 Å². The molecule has 34 heavy (non-hydrogen) atoms. The lowest BCUT2D eigenvalue weighted by atomic mass is 9.75. The van der Waals surface area contributed by atoms with Crippen LogP contribution in [0.3, 0.4) is 0 Å². The zero-order valence-corrected chi connectivity index (χ0v) is 19.4. The second-order valence-electron chi connectivity index (χ2n) is 9.40. The van der Waals surface area contributed by atoms with Crippen molar-refractivity contribution in [3.8, 4) is 5.75 Å². The number of ether oxygens (including phenoxy) is 1. The number of hydrogen-bond acceptors (Lipinski definition) is 6. The number of nitrogens with zero attached hydrogens (tertiary/aromatic N) is 2. The number of halogens is 1. The minimum Gasteiger partial charge on any atom is -0.427 e. The maximum Gasteiger partial charge on any atom is 0.308 e. The number of nitrogens with one attached hydrogen (secondary N) is 1. The predicted molar refractivity (Wildman–Crippen MR) is 123 cm³/mol. The van der Waals surface area contributed by atoms with Crippen LogP contribution in [0.1, 0.15) is 30.9 Å². The topological polar surface area (TPSA) is 96.0 Å². The number of imide groups is 1. The second-order valence-corrected chi connectivity index (χ2v) is 9.80. The number of carbonyl (C=O) groups excluding carboxylic acids is 4. The van der Waals surface area contributed by atoms with Crippen molar-refractivity contribution < 1.29 is 23.9 Å². The summed E-state index contributed by atoms with van der Waals surface area (Å²) in [6.45, 7) is 3.83. The van der Waals surface area contributed by atoms with E-state index in [9.17, 15) is 19.2 Å². The van der Waals surface area contributed by atoms with E-state index in [0.717, 1.165) is 18.4 Å². The van der Waals surface area contributed by atoms with Gasteiger partial charge in [0.05, 0.1) is 28.2 Å². The van der Waals surface area contributed by atoms with Crippen LogP contribution in [0.5, 0.6) is 5.75 Å². The van der Waals surface area contributed by atoms with Gasteiger partial charge in [0.2, 0.25) is 11.8 Å².